The molecule has 0 unspecified atom stereocenters. The fourth-order valence-electron chi connectivity index (χ4n) is 3.00. The van der Waals surface area contributed by atoms with Crippen LogP contribution in [0, 0.1) is 0 Å². The number of carbonyl (C=O) groups is 1. The van der Waals surface area contributed by atoms with E-state index in [2.05, 4.69) is 25.1 Å². The van der Waals surface area contributed by atoms with Crippen LogP contribution in [0.25, 0.3) is 33.2 Å². The number of carbonyl (C=O) groups excluding carboxylic acids is 1. The molecule has 0 saturated heterocycles. The van der Waals surface area contributed by atoms with Crippen molar-refractivity contribution in [3.05, 3.63) is 66.6 Å². The normalized spacial score (nSPS) is 11.1. The number of hydrogen-bond donors (Lipinski definition) is 2. The lowest BCUT2D eigenvalue weighted by Gasteiger charge is -2.06. The molecule has 2 N–H and O–H groups in total. The number of nitrogens with one attached hydrogen (secondary N) is 2. The Balaban J connectivity index is 1.48. The molecular formula is C20H13N5O2. The second-order valence-corrected chi connectivity index (χ2v) is 6.08. The Morgan fingerprint density at radius 2 is 1.93 bits per heavy atom. The first-order chi connectivity index (χ1) is 13.3. The molecule has 0 aliphatic heterocycles. The maximum Gasteiger partial charge on any atom is 0.222 e. The molecule has 0 bridgehead atoms. The Labute approximate surface area is 153 Å². The molecule has 0 radical (unpaired) electrons. The quantitative estimate of drug-likeness (QED) is 0.473. The monoisotopic (exact) mass is 355 g/mol. The Bertz CT molecular complexity index is 1290. The topological polar surface area (TPSA) is 96.6 Å². The highest BCUT2D eigenvalue weighted by Crippen LogP contribution is 2.26. The molecule has 0 atom stereocenters. The minimum absolute atomic E-state index is 0.447. The van der Waals surface area contributed by atoms with Gasteiger partial charge in [-0.2, -0.15) is 10.1 Å². The van der Waals surface area contributed by atoms with Crippen LogP contribution in [-0.2, 0) is 0 Å². The average Bonchev–Trinajstić information content (AvgIpc) is 3.33. The van der Waals surface area contributed by atoms with Crippen LogP contribution in [0.5, 0.6) is 11.6 Å². The maximum atomic E-state index is 10.9. The highest BCUT2D eigenvalue weighted by molar-refractivity contribution is 5.90. The van der Waals surface area contributed by atoms with Crippen molar-refractivity contribution in [3.8, 4) is 23.0 Å². The number of aromatic amines is 2. The SMILES string of the molecule is O=Cc1cc2ccc(-c3nccc(Oc4ccc5[nH]ncc5c4)n3)cc2[nH]1. The third kappa shape index (κ3) is 2.81. The van der Waals surface area contributed by atoms with E-state index in [-0.39, 0.29) is 0 Å². The third-order valence-electron chi connectivity index (χ3n) is 4.29. The summed E-state index contributed by atoms with van der Waals surface area (Å²) in [6.07, 6.45) is 4.19. The second kappa shape index (κ2) is 6.06. The first-order valence-corrected chi connectivity index (χ1v) is 8.31. The van der Waals surface area contributed by atoms with Crippen LogP contribution in [0.15, 0.2) is 60.9 Å². The zero-order valence-corrected chi connectivity index (χ0v) is 14.0. The molecule has 0 amide bonds. The summed E-state index contributed by atoms with van der Waals surface area (Å²) in [5.74, 6) is 1.66. The molecule has 0 fully saturated rings. The lowest BCUT2D eigenvalue weighted by atomic mass is 10.1. The minimum Gasteiger partial charge on any atom is -0.439 e. The van der Waals surface area contributed by atoms with Gasteiger partial charge in [-0.05, 0) is 30.3 Å². The van der Waals surface area contributed by atoms with Gasteiger partial charge in [0.25, 0.3) is 0 Å². The zero-order chi connectivity index (χ0) is 18.2. The van der Waals surface area contributed by atoms with Gasteiger partial charge in [-0.1, -0.05) is 12.1 Å². The molecule has 0 saturated carbocycles. The number of ether oxygens (including phenoxy) is 1. The van der Waals surface area contributed by atoms with Crippen LogP contribution >= 0.6 is 0 Å². The van der Waals surface area contributed by atoms with Crippen LogP contribution in [0.3, 0.4) is 0 Å². The van der Waals surface area contributed by atoms with Crippen molar-refractivity contribution in [2.24, 2.45) is 0 Å². The van der Waals surface area contributed by atoms with E-state index in [1.54, 1.807) is 24.5 Å². The van der Waals surface area contributed by atoms with Crippen LogP contribution in [0.2, 0.25) is 0 Å². The number of hydrogen-bond acceptors (Lipinski definition) is 5. The van der Waals surface area contributed by atoms with Gasteiger partial charge in [0.05, 0.1) is 17.4 Å². The molecule has 5 aromatic rings. The molecule has 2 aromatic carbocycles. The molecule has 0 aliphatic rings. The summed E-state index contributed by atoms with van der Waals surface area (Å²) >= 11 is 0. The molecule has 0 spiro atoms. The van der Waals surface area contributed by atoms with Crippen molar-refractivity contribution in [1.82, 2.24) is 25.1 Å². The van der Waals surface area contributed by atoms with Gasteiger partial charge in [-0.3, -0.25) is 9.89 Å². The van der Waals surface area contributed by atoms with Gasteiger partial charge < -0.3 is 9.72 Å². The fraction of sp³-hybridized carbons (Fsp3) is 0. The predicted molar refractivity (Wildman–Crippen MR) is 101 cm³/mol. The molecule has 0 aliphatic carbocycles. The molecule has 7 nitrogen and oxygen atoms in total. The molecule has 130 valence electrons. The summed E-state index contributed by atoms with van der Waals surface area (Å²) in [5.41, 5.74) is 3.17. The number of nitrogens with zero attached hydrogens (tertiary/aromatic N) is 3. The number of H-pyrrole nitrogens is 2. The van der Waals surface area contributed by atoms with Crippen LogP contribution < -0.4 is 4.74 Å². The average molecular weight is 355 g/mol. The summed E-state index contributed by atoms with van der Waals surface area (Å²) in [7, 11) is 0. The number of benzene rings is 2. The van der Waals surface area contributed by atoms with E-state index in [0.29, 0.717) is 23.1 Å². The Kier molecular flexibility index (Phi) is 3.43. The first kappa shape index (κ1) is 15.3. The molecule has 3 aromatic heterocycles. The molecule has 7 heteroatoms. The van der Waals surface area contributed by atoms with E-state index < -0.39 is 0 Å². The van der Waals surface area contributed by atoms with Crippen molar-refractivity contribution in [3.63, 3.8) is 0 Å². The van der Waals surface area contributed by atoms with E-state index in [0.717, 1.165) is 33.7 Å². The van der Waals surface area contributed by atoms with Gasteiger partial charge in [-0.25, -0.2) is 4.98 Å². The van der Waals surface area contributed by atoms with E-state index in [4.69, 9.17) is 4.74 Å². The van der Waals surface area contributed by atoms with Gasteiger partial charge >= 0.3 is 0 Å². The summed E-state index contributed by atoms with van der Waals surface area (Å²) in [5, 5.41) is 8.83. The van der Waals surface area contributed by atoms with Crippen LogP contribution in [0.1, 0.15) is 10.5 Å². The largest absolute Gasteiger partial charge is 0.439 e. The second-order valence-electron chi connectivity index (χ2n) is 6.08. The van der Waals surface area contributed by atoms with Crippen molar-refractivity contribution in [2.45, 2.75) is 0 Å². The van der Waals surface area contributed by atoms with E-state index in [9.17, 15) is 4.79 Å². The van der Waals surface area contributed by atoms with E-state index in [1.807, 2.05) is 36.4 Å². The number of aromatic nitrogens is 5. The summed E-state index contributed by atoms with van der Waals surface area (Å²) in [4.78, 5) is 22.8. The maximum absolute atomic E-state index is 10.9. The Morgan fingerprint density at radius 1 is 0.963 bits per heavy atom. The predicted octanol–water partition coefficient (Wildman–Crippen LogP) is 4.11. The highest BCUT2D eigenvalue weighted by atomic mass is 16.5. The fourth-order valence-corrected chi connectivity index (χ4v) is 3.00. The van der Waals surface area contributed by atoms with Crippen molar-refractivity contribution in [2.75, 3.05) is 0 Å². The zero-order valence-electron chi connectivity index (χ0n) is 14.0. The number of fused-ring (bicyclic) bond motifs is 2. The van der Waals surface area contributed by atoms with E-state index >= 15 is 0 Å². The van der Waals surface area contributed by atoms with Gasteiger partial charge in [0, 0.05) is 34.1 Å². The minimum atomic E-state index is 0.447. The van der Waals surface area contributed by atoms with Gasteiger partial charge in [0.1, 0.15) is 5.75 Å². The summed E-state index contributed by atoms with van der Waals surface area (Å²) in [6.45, 7) is 0. The lowest BCUT2D eigenvalue weighted by molar-refractivity contribution is 0.112. The first-order valence-electron chi connectivity index (χ1n) is 8.31. The number of rotatable bonds is 4. The molecule has 3 heterocycles. The van der Waals surface area contributed by atoms with Crippen LogP contribution in [0.4, 0.5) is 0 Å². The molecular weight excluding hydrogens is 342 g/mol. The van der Waals surface area contributed by atoms with E-state index in [1.165, 1.54) is 0 Å². The molecule has 27 heavy (non-hydrogen) atoms. The standard InChI is InChI=1S/C20H13N5O2/c26-11-15-7-12-1-2-13(9-18(12)23-15)20-21-6-5-19(24-20)27-16-3-4-17-14(8-16)10-22-25-17/h1-11,23H,(H,22,25). The smallest absolute Gasteiger partial charge is 0.222 e. The Morgan fingerprint density at radius 3 is 2.85 bits per heavy atom. The number of aldehydes is 1. The summed E-state index contributed by atoms with van der Waals surface area (Å²) in [6, 6.07) is 14.9. The van der Waals surface area contributed by atoms with Crippen LogP contribution in [-0.4, -0.2) is 31.4 Å². The van der Waals surface area contributed by atoms with Crippen molar-refractivity contribution >= 4 is 28.1 Å². The Hall–Kier alpha value is -4.00. The molecule has 5 rings (SSSR count). The highest BCUT2D eigenvalue weighted by Gasteiger charge is 2.08. The summed E-state index contributed by atoms with van der Waals surface area (Å²) < 4.78 is 5.88. The van der Waals surface area contributed by atoms with Crippen molar-refractivity contribution in [1.29, 1.82) is 0 Å². The van der Waals surface area contributed by atoms with Gasteiger partial charge in [0.2, 0.25) is 5.88 Å². The van der Waals surface area contributed by atoms with Gasteiger partial charge in [-0.15, -0.1) is 0 Å². The van der Waals surface area contributed by atoms with Gasteiger partial charge in [0.15, 0.2) is 12.1 Å². The van der Waals surface area contributed by atoms with Crippen molar-refractivity contribution < 1.29 is 9.53 Å². The lowest BCUT2D eigenvalue weighted by Crippen LogP contribution is -1.93. The third-order valence-corrected chi connectivity index (χ3v) is 4.29.